The number of hydrogen-bond donors (Lipinski definition) is 1. The predicted molar refractivity (Wildman–Crippen MR) is 66.5 cm³/mol. The minimum Gasteiger partial charge on any atom is -0.463 e. The summed E-state index contributed by atoms with van der Waals surface area (Å²) in [6.07, 6.45) is 3.02. The molecule has 16 heavy (non-hydrogen) atoms. The Morgan fingerprint density at radius 1 is 1.38 bits per heavy atom. The van der Waals surface area contributed by atoms with Gasteiger partial charge >= 0.3 is 0 Å². The molecule has 1 unspecified atom stereocenters. The van der Waals surface area contributed by atoms with E-state index in [9.17, 15) is 0 Å². The second kappa shape index (κ2) is 3.48. The van der Waals surface area contributed by atoms with E-state index in [1.807, 2.05) is 0 Å². The van der Waals surface area contributed by atoms with Gasteiger partial charge in [-0.25, -0.2) is 4.99 Å². The zero-order valence-corrected chi connectivity index (χ0v) is 10.5. The molecule has 1 aromatic carbocycles. The van der Waals surface area contributed by atoms with Crippen LogP contribution in [0.15, 0.2) is 27.7 Å². The standard InChI is InChI=1S/C12H13BrN2O/c13-10-2-1-8-3-4-12(6-9(8)5-10)7-16-11(14)15-12/h1-2,5H,3-4,6-7H2,(H2,14,15). The summed E-state index contributed by atoms with van der Waals surface area (Å²) in [4.78, 5) is 4.46. The lowest BCUT2D eigenvalue weighted by Crippen LogP contribution is -2.35. The van der Waals surface area contributed by atoms with Crippen LogP contribution in [0, 0.1) is 0 Å². The molecule has 1 heterocycles. The first-order valence-corrected chi connectivity index (χ1v) is 6.22. The van der Waals surface area contributed by atoms with Gasteiger partial charge in [-0.15, -0.1) is 0 Å². The van der Waals surface area contributed by atoms with E-state index >= 15 is 0 Å². The Balaban J connectivity index is 1.97. The zero-order chi connectivity index (χ0) is 11.2. The van der Waals surface area contributed by atoms with Gasteiger partial charge in [0.2, 0.25) is 0 Å². The number of ether oxygens (including phenoxy) is 1. The van der Waals surface area contributed by atoms with Crippen molar-refractivity contribution < 1.29 is 4.74 Å². The first kappa shape index (κ1) is 10.1. The summed E-state index contributed by atoms with van der Waals surface area (Å²) in [5.74, 6) is 0. The first-order chi connectivity index (χ1) is 7.67. The smallest absolute Gasteiger partial charge is 0.282 e. The summed E-state index contributed by atoms with van der Waals surface area (Å²) in [7, 11) is 0. The highest BCUT2D eigenvalue weighted by Gasteiger charge is 2.39. The number of fused-ring (bicyclic) bond motifs is 1. The Morgan fingerprint density at radius 3 is 3.00 bits per heavy atom. The molecule has 3 nitrogen and oxygen atoms in total. The maximum atomic E-state index is 5.61. The van der Waals surface area contributed by atoms with Crippen LogP contribution in [0.1, 0.15) is 17.5 Å². The predicted octanol–water partition coefficient (Wildman–Crippen LogP) is 2.02. The van der Waals surface area contributed by atoms with Crippen molar-refractivity contribution in [1.29, 1.82) is 0 Å². The van der Waals surface area contributed by atoms with Gasteiger partial charge in [0.25, 0.3) is 6.02 Å². The van der Waals surface area contributed by atoms with Gasteiger partial charge in [-0.3, -0.25) is 0 Å². The van der Waals surface area contributed by atoms with Crippen molar-refractivity contribution in [2.24, 2.45) is 10.7 Å². The minimum absolute atomic E-state index is 0.0993. The number of nitrogens with two attached hydrogens (primary N) is 1. The normalized spacial score (nSPS) is 27.4. The number of hydrogen-bond acceptors (Lipinski definition) is 3. The van der Waals surface area contributed by atoms with Crippen LogP contribution in [0.25, 0.3) is 0 Å². The van der Waals surface area contributed by atoms with Crippen LogP contribution in [-0.2, 0) is 17.6 Å². The molecule has 0 bridgehead atoms. The van der Waals surface area contributed by atoms with E-state index < -0.39 is 0 Å². The molecule has 1 spiro atoms. The largest absolute Gasteiger partial charge is 0.463 e. The maximum Gasteiger partial charge on any atom is 0.282 e. The van der Waals surface area contributed by atoms with Crippen molar-refractivity contribution >= 4 is 22.0 Å². The van der Waals surface area contributed by atoms with E-state index in [0.29, 0.717) is 12.6 Å². The first-order valence-electron chi connectivity index (χ1n) is 5.42. The zero-order valence-electron chi connectivity index (χ0n) is 8.87. The Bertz CT molecular complexity index is 472. The topological polar surface area (TPSA) is 47.6 Å². The Kier molecular flexibility index (Phi) is 2.21. The van der Waals surface area contributed by atoms with Crippen molar-refractivity contribution in [1.82, 2.24) is 0 Å². The van der Waals surface area contributed by atoms with Crippen LogP contribution in [0.2, 0.25) is 0 Å². The number of aryl methyl sites for hydroxylation is 1. The van der Waals surface area contributed by atoms with Gasteiger partial charge in [-0.1, -0.05) is 22.0 Å². The summed E-state index contributed by atoms with van der Waals surface area (Å²) in [6, 6.07) is 6.81. The van der Waals surface area contributed by atoms with Crippen molar-refractivity contribution in [3.63, 3.8) is 0 Å². The van der Waals surface area contributed by atoms with Gasteiger partial charge in [-0.2, -0.15) is 0 Å². The lowest BCUT2D eigenvalue weighted by molar-refractivity contribution is 0.235. The third-order valence-corrected chi connectivity index (χ3v) is 3.88. The van der Waals surface area contributed by atoms with E-state index in [1.165, 1.54) is 11.1 Å². The minimum atomic E-state index is -0.0993. The molecule has 0 radical (unpaired) electrons. The lowest BCUT2D eigenvalue weighted by atomic mass is 9.79. The second-order valence-corrected chi connectivity index (χ2v) is 5.47. The number of halogens is 1. The van der Waals surface area contributed by atoms with Gasteiger partial charge < -0.3 is 10.5 Å². The average Bonchev–Trinajstić information content (AvgIpc) is 2.59. The van der Waals surface area contributed by atoms with Gasteiger partial charge in [-0.05, 0) is 36.1 Å². The highest BCUT2D eigenvalue weighted by atomic mass is 79.9. The van der Waals surface area contributed by atoms with Crippen LogP contribution < -0.4 is 5.73 Å². The van der Waals surface area contributed by atoms with Gasteiger partial charge in [0.1, 0.15) is 12.1 Å². The number of amidine groups is 1. The summed E-state index contributed by atoms with van der Waals surface area (Å²) < 4.78 is 6.43. The molecule has 2 N–H and O–H groups in total. The molecule has 0 saturated carbocycles. The van der Waals surface area contributed by atoms with E-state index in [0.717, 1.165) is 23.7 Å². The fourth-order valence-electron chi connectivity index (χ4n) is 2.54. The van der Waals surface area contributed by atoms with Crippen LogP contribution in [0.5, 0.6) is 0 Å². The number of aliphatic imine (C=N–C) groups is 1. The van der Waals surface area contributed by atoms with E-state index in [1.54, 1.807) is 0 Å². The summed E-state index contributed by atoms with van der Waals surface area (Å²) in [5, 5.41) is 0. The molecule has 84 valence electrons. The quantitative estimate of drug-likeness (QED) is 0.791. The maximum absolute atomic E-state index is 5.61. The molecule has 1 aliphatic heterocycles. The van der Waals surface area contributed by atoms with Crippen LogP contribution in [0.3, 0.4) is 0 Å². The monoisotopic (exact) mass is 280 g/mol. The van der Waals surface area contributed by atoms with Crippen molar-refractivity contribution in [2.45, 2.75) is 24.8 Å². The summed E-state index contributed by atoms with van der Waals surface area (Å²) >= 11 is 3.51. The molecule has 0 fully saturated rings. The van der Waals surface area contributed by atoms with Gasteiger partial charge in [0.15, 0.2) is 0 Å². The van der Waals surface area contributed by atoms with E-state index in [4.69, 9.17) is 10.5 Å². The van der Waals surface area contributed by atoms with E-state index in [2.05, 4.69) is 39.1 Å². The van der Waals surface area contributed by atoms with E-state index in [-0.39, 0.29) is 5.54 Å². The third kappa shape index (κ3) is 1.61. The van der Waals surface area contributed by atoms with Crippen LogP contribution in [0.4, 0.5) is 0 Å². The van der Waals surface area contributed by atoms with Crippen LogP contribution >= 0.6 is 15.9 Å². The molecule has 2 aliphatic rings. The number of benzene rings is 1. The molecule has 1 aromatic rings. The molecule has 3 rings (SSSR count). The highest BCUT2D eigenvalue weighted by Crippen LogP contribution is 2.35. The van der Waals surface area contributed by atoms with Gasteiger partial charge in [0.05, 0.1) is 0 Å². The SMILES string of the molecule is NC1=NC2(CCc3ccc(Br)cc3C2)CO1. The van der Waals surface area contributed by atoms with Crippen LogP contribution in [-0.4, -0.2) is 18.2 Å². The molecule has 1 aliphatic carbocycles. The Labute approximate surface area is 103 Å². The Morgan fingerprint density at radius 2 is 2.25 bits per heavy atom. The van der Waals surface area contributed by atoms with Crippen molar-refractivity contribution in [3.8, 4) is 0 Å². The molecular formula is C12H13BrN2O. The fourth-order valence-corrected chi connectivity index (χ4v) is 2.95. The molecule has 0 saturated heterocycles. The molecule has 4 heteroatoms. The number of nitrogens with zero attached hydrogens (tertiary/aromatic N) is 1. The Hall–Kier alpha value is -1.03. The van der Waals surface area contributed by atoms with Crippen molar-refractivity contribution in [3.05, 3.63) is 33.8 Å². The fraction of sp³-hybridized carbons (Fsp3) is 0.417. The second-order valence-electron chi connectivity index (χ2n) is 4.55. The summed E-state index contributed by atoms with van der Waals surface area (Å²) in [5.41, 5.74) is 8.30. The molecule has 0 amide bonds. The average molecular weight is 281 g/mol. The third-order valence-electron chi connectivity index (χ3n) is 3.38. The molecular weight excluding hydrogens is 268 g/mol. The van der Waals surface area contributed by atoms with Gasteiger partial charge in [0, 0.05) is 10.9 Å². The lowest BCUT2D eigenvalue weighted by Gasteiger charge is -2.30. The van der Waals surface area contributed by atoms with Crippen molar-refractivity contribution in [2.75, 3.05) is 6.61 Å². The molecule has 0 aromatic heterocycles. The number of rotatable bonds is 0. The summed E-state index contributed by atoms with van der Waals surface area (Å²) in [6.45, 7) is 0.630. The molecule has 1 atom stereocenters. The highest BCUT2D eigenvalue weighted by molar-refractivity contribution is 9.10.